The number of nitrogens with zero attached hydrogens (tertiary/aromatic N) is 1. The first-order chi connectivity index (χ1) is 14.1. The molecule has 3 aromatic carbocycles. The minimum absolute atomic E-state index is 0.0728. The second kappa shape index (κ2) is 10.1. The van der Waals surface area contributed by atoms with Gasteiger partial charge in [0.25, 0.3) is 5.69 Å². The van der Waals surface area contributed by atoms with Crippen LogP contribution in [0.3, 0.4) is 0 Å². The number of benzene rings is 3. The molecule has 0 aliphatic carbocycles. The largest absolute Gasteiger partial charge is 0.490 e. The van der Waals surface area contributed by atoms with E-state index < -0.39 is 4.92 Å². The molecule has 150 valence electrons. The second-order valence-corrected chi connectivity index (χ2v) is 7.43. The highest BCUT2D eigenvalue weighted by molar-refractivity contribution is 14.1. The number of hydrogen-bond donors (Lipinski definition) is 1. The lowest BCUT2D eigenvalue weighted by Crippen LogP contribution is -2.05. The number of rotatable bonds is 9. The predicted octanol–water partition coefficient (Wildman–Crippen LogP) is 5.79. The van der Waals surface area contributed by atoms with Crippen LogP contribution < -0.4 is 14.8 Å². The summed E-state index contributed by atoms with van der Waals surface area (Å²) in [6.45, 7) is 3.51. The predicted molar refractivity (Wildman–Crippen MR) is 122 cm³/mol. The van der Waals surface area contributed by atoms with E-state index in [4.69, 9.17) is 9.47 Å². The van der Waals surface area contributed by atoms with E-state index in [1.807, 2.05) is 49.4 Å². The minimum Gasteiger partial charge on any atom is -0.490 e. The van der Waals surface area contributed by atoms with Crippen LogP contribution in [0.1, 0.15) is 18.1 Å². The van der Waals surface area contributed by atoms with Gasteiger partial charge in [0.15, 0.2) is 11.5 Å². The van der Waals surface area contributed by atoms with E-state index >= 15 is 0 Å². The number of nitro groups is 1. The summed E-state index contributed by atoms with van der Waals surface area (Å²) in [5.74, 6) is 1.44. The van der Waals surface area contributed by atoms with Crippen molar-refractivity contribution in [1.82, 2.24) is 0 Å². The molecule has 0 unspecified atom stereocenters. The lowest BCUT2D eigenvalue weighted by molar-refractivity contribution is -0.384. The molecule has 0 fully saturated rings. The van der Waals surface area contributed by atoms with Crippen LogP contribution in [0.25, 0.3) is 0 Å². The van der Waals surface area contributed by atoms with Crippen LogP contribution in [0, 0.1) is 13.7 Å². The summed E-state index contributed by atoms with van der Waals surface area (Å²) in [4.78, 5) is 10.4. The Morgan fingerprint density at radius 2 is 1.72 bits per heavy atom. The molecule has 7 heteroatoms. The smallest absolute Gasteiger partial charge is 0.269 e. The first-order valence-electron chi connectivity index (χ1n) is 9.17. The maximum Gasteiger partial charge on any atom is 0.269 e. The summed E-state index contributed by atoms with van der Waals surface area (Å²) in [6.07, 6.45) is 0. The van der Waals surface area contributed by atoms with Gasteiger partial charge in [-0.3, -0.25) is 10.1 Å². The van der Waals surface area contributed by atoms with Crippen LogP contribution in [0.4, 0.5) is 11.4 Å². The molecule has 0 saturated carbocycles. The van der Waals surface area contributed by atoms with Gasteiger partial charge in [0.05, 0.1) is 15.1 Å². The molecule has 0 amide bonds. The molecule has 3 aromatic rings. The number of ether oxygens (including phenoxy) is 2. The molecule has 0 bridgehead atoms. The van der Waals surface area contributed by atoms with Crippen molar-refractivity contribution in [2.24, 2.45) is 0 Å². The molecule has 0 heterocycles. The summed E-state index contributed by atoms with van der Waals surface area (Å²) in [5.41, 5.74) is 3.01. The van der Waals surface area contributed by atoms with Crippen molar-refractivity contribution in [3.63, 3.8) is 0 Å². The summed E-state index contributed by atoms with van der Waals surface area (Å²) in [7, 11) is 0. The van der Waals surface area contributed by atoms with Gasteiger partial charge in [-0.05, 0) is 64.9 Å². The Labute approximate surface area is 183 Å². The van der Waals surface area contributed by atoms with E-state index in [9.17, 15) is 10.1 Å². The minimum atomic E-state index is -0.408. The lowest BCUT2D eigenvalue weighted by Gasteiger charge is -2.16. The van der Waals surface area contributed by atoms with Gasteiger partial charge in [0.1, 0.15) is 6.61 Å². The van der Waals surface area contributed by atoms with Crippen LogP contribution in [0.5, 0.6) is 11.5 Å². The SMILES string of the molecule is CCOc1cc(CNc2ccc([N+](=O)[O-])cc2)cc(I)c1OCc1ccccc1. The molecule has 6 nitrogen and oxygen atoms in total. The Bertz CT molecular complexity index is 963. The van der Waals surface area contributed by atoms with Crippen LogP contribution in [0.15, 0.2) is 66.7 Å². The number of nitro benzene ring substituents is 1. The van der Waals surface area contributed by atoms with Crippen molar-refractivity contribution in [2.45, 2.75) is 20.1 Å². The first kappa shape index (κ1) is 20.9. The van der Waals surface area contributed by atoms with Crippen molar-refractivity contribution in [3.8, 4) is 11.5 Å². The molecule has 1 N–H and O–H groups in total. The summed E-state index contributed by atoms with van der Waals surface area (Å²) >= 11 is 2.25. The van der Waals surface area contributed by atoms with Crippen LogP contribution in [-0.4, -0.2) is 11.5 Å². The third kappa shape index (κ3) is 5.83. The van der Waals surface area contributed by atoms with E-state index in [-0.39, 0.29) is 5.69 Å². The Morgan fingerprint density at radius 3 is 2.38 bits per heavy atom. The quantitative estimate of drug-likeness (QED) is 0.227. The number of nitrogens with one attached hydrogen (secondary N) is 1. The van der Waals surface area contributed by atoms with Crippen LogP contribution in [0.2, 0.25) is 0 Å². The molecule has 29 heavy (non-hydrogen) atoms. The maximum absolute atomic E-state index is 10.8. The van der Waals surface area contributed by atoms with Crippen molar-refractivity contribution in [3.05, 3.63) is 91.5 Å². The highest BCUT2D eigenvalue weighted by atomic mass is 127. The summed E-state index contributed by atoms with van der Waals surface area (Å²) in [5, 5.41) is 14.0. The Kier molecular flexibility index (Phi) is 7.29. The van der Waals surface area contributed by atoms with Crippen LogP contribution >= 0.6 is 22.6 Å². The van der Waals surface area contributed by atoms with E-state index in [0.29, 0.717) is 25.5 Å². The highest BCUT2D eigenvalue weighted by Crippen LogP contribution is 2.35. The third-order valence-corrected chi connectivity index (χ3v) is 4.97. The molecule has 3 rings (SSSR count). The van der Waals surface area contributed by atoms with Crippen molar-refractivity contribution < 1.29 is 14.4 Å². The zero-order valence-electron chi connectivity index (χ0n) is 15.9. The van der Waals surface area contributed by atoms with E-state index in [1.54, 1.807) is 12.1 Å². The van der Waals surface area contributed by atoms with Gasteiger partial charge >= 0.3 is 0 Å². The number of hydrogen-bond acceptors (Lipinski definition) is 5. The van der Waals surface area contributed by atoms with E-state index in [1.165, 1.54) is 12.1 Å². The molecular weight excluding hydrogens is 483 g/mol. The van der Waals surface area contributed by atoms with Gasteiger partial charge in [-0.2, -0.15) is 0 Å². The molecule has 0 aliphatic heterocycles. The second-order valence-electron chi connectivity index (χ2n) is 6.27. The van der Waals surface area contributed by atoms with Gasteiger partial charge in [0, 0.05) is 24.4 Å². The Morgan fingerprint density at radius 1 is 1.00 bits per heavy atom. The van der Waals surface area contributed by atoms with Crippen molar-refractivity contribution in [2.75, 3.05) is 11.9 Å². The van der Waals surface area contributed by atoms with Gasteiger partial charge in [-0.25, -0.2) is 0 Å². The molecule has 0 radical (unpaired) electrons. The summed E-state index contributed by atoms with van der Waals surface area (Å²) in [6, 6.07) is 20.4. The number of halogens is 1. The van der Waals surface area contributed by atoms with Crippen molar-refractivity contribution in [1.29, 1.82) is 0 Å². The van der Waals surface area contributed by atoms with Gasteiger partial charge in [0.2, 0.25) is 0 Å². The molecule has 0 saturated heterocycles. The fraction of sp³-hybridized carbons (Fsp3) is 0.182. The van der Waals surface area contributed by atoms with Gasteiger partial charge in [-0.1, -0.05) is 30.3 Å². The number of anilines is 1. The molecule has 0 spiro atoms. The fourth-order valence-electron chi connectivity index (χ4n) is 2.76. The van der Waals surface area contributed by atoms with Crippen molar-refractivity contribution >= 4 is 34.0 Å². The highest BCUT2D eigenvalue weighted by Gasteiger charge is 2.13. The molecule has 0 atom stereocenters. The monoisotopic (exact) mass is 504 g/mol. The van der Waals surface area contributed by atoms with Crippen LogP contribution in [-0.2, 0) is 13.2 Å². The Hall–Kier alpha value is -2.81. The average Bonchev–Trinajstić information content (AvgIpc) is 2.73. The standard InChI is InChI=1S/C22H21IN2O4/c1-2-28-21-13-17(14-24-18-8-10-19(11-9-18)25(26)27)12-20(23)22(21)29-15-16-6-4-3-5-7-16/h3-13,24H,2,14-15H2,1H3. The van der Waals surface area contributed by atoms with Gasteiger partial charge in [-0.15, -0.1) is 0 Å². The number of non-ortho nitro benzene ring substituents is 1. The maximum atomic E-state index is 10.8. The molecule has 0 aliphatic rings. The topological polar surface area (TPSA) is 73.6 Å². The average molecular weight is 504 g/mol. The fourth-order valence-corrected chi connectivity index (χ4v) is 3.58. The van der Waals surface area contributed by atoms with Gasteiger partial charge < -0.3 is 14.8 Å². The molecule has 0 aromatic heterocycles. The third-order valence-electron chi connectivity index (χ3n) is 4.17. The Balaban J connectivity index is 1.71. The normalized spacial score (nSPS) is 10.4. The zero-order chi connectivity index (χ0) is 20.6. The van der Waals surface area contributed by atoms with E-state index in [0.717, 1.165) is 26.1 Å². The zero-order valence-corrected chi connectivity index (χ0v) is 18.1. The summed E-state index contributed by atoms with van der Waals surface area (Å²) < 4.78 is 12.8. The first-order valence-corrected chi connectivity index (χ1v) is 10.2. The lowest BCUT2D eigenvalue weighted by atomic mass is 10.2. The van der Waals surface area contributed by atoms with E-state index in [2.05, 4.69) is 27.9 Å². The molecular formula is C22H21IN2O4.